The van der Waals surface area contributed by atoms with Crippen molar-refractivity contribution in [3.8, 4) is 0 Å². The zero-order valence-electron chi connectivity index (χ0n) is 21.6. The third kappa shape index (κ3) is 4.79. The number of carbonyl (C=O) groups excluding carboxylic acids is 3. The number of hydrogen-bond acceptors (Lipinski definition) is 5. The SMILES string of the molecule is CC(C)[C@H](NC(=O)CCC(=O)O[C@H]1CC[C@H]2[C@@H]3CCC4=CC(=O)CC[C@]4(C)[C@H]3CC[C@]12C)C(=O)O. The van der Waals surface area contributed by atoms with Gasteiger partial charge in [0.15, 0.2) is 5.78 Å². The van der Waals surface area contributed by atoms with Gasteiger partial charge in [0.05, 0.1) is 6.42 Å². The zero-order chi connectivity index (χ0) is 25.5. The molecule has 0 aromatic heterocycles. The minimum absolute atomic E-state index is 0.0418. The number of hydrogen-bond donors (Lipinski definition) is 2. The fraction of sp³-hybridized carbons (Fsp3) is 0.786. The van der Waals surface area contributed by atoms with Crippen LogP contribution in [0.15, 0.2) is 11.6 Å². The molecule has 3 saturated carbocycles. The topological polar surface area (TPSA) is 110 Å². The lowest BCUT2D eigenvalue weighted by Crippen LogP contribution is -2.51. The maximum Gasteiger partial charge on any atom is 0.326 e. The van der Waals surface area contributed by atoms with Crippen molar-refractivity contribution in [1.29, 1.82) is 0 Å². The molecule has 0 bridgehead atoms. The van der Waals surface area contributed by atoms with Crippen LogP contribution in [0.4, 0.5) is 0 Å². The monoisotopic (exact) mass is 487 g/mol. The Morgan fingerprint density at radius 3 is 2.49 bits per heavy atom. The highest BCUT2D eigenvalue weighted by Gasteiger charge is 2.59. The van der Waals surface area contributed by atoms with E-state index in [9.17, 15) is 24.3 Å². The third-order valence-corrected chi connectivity index (χ3v) is 9.95. The summed E-state index contributed by atoms with van der Waals surface area (Å²) in [6.45, 7) is 8.12. The number of ketones is 1. The number of carboxylic acid groups (broad SMARTS) is 1. The highest BCUT2D eigenvalue weighted by Crippen LogP contribution is 2.65. The molecule has 35 heavy (non-hydrogen) atoms. The molecule has 7 atom stereocenters. The van der Waals surface area contributed by atoms with E-state index in [-0.39, 0.29) is 47.4 Å². The van der Waals surface area contributed by atoms with Crippen molar-refractivity contribution in [3.63, 3.8) is 0 Å². The molecule has 0 heterocycles. The number of rotatable bonds is 7. The first-order chi connectivity index (χ1) is 16.5. The summed E-state index contributed by atoms with van der Waals surface area (Å²) in [7, 11) is 0. The molecule has 0 aromatic carbocycles. The molecular formula is C28H41NO6. The molecule has 0 aromatic rings. The molecule has 2 N–H and O–H groups in total. The molecule has 7 heteroatoms. The smallest absolute Gasteiger partial charge is 0.326 e. The Morgan fingerprint density at radius 1 is 1.06 bits per heavy atom. The van der Waals surface area contributed by atoms with Gasteiger partial charge in [-0.05, 0) is 80.1 Å². The van der Waals surface area contributed by atoms with Gasteiger partial charge in [-0.1, -0.05) is 33.3 Å². The molecule has 0 aliphatic heterocycles. The lowest BCUT2D eigenvalue weighted by atomic mass is 9.47. The van der Waals surface area contributed by atoms with E-state index in [0.29, 0.717) is 24.2 Å². The van der Waals surface area contributed by atoms with Crippen molar-refractivity contribution in [1.82, 2.24) is 5.32 Å². The second-order valence-corrected chi connectivity index (χ2v) is 12.2. The Morgan fingerprint density at radius 2 is 1.80 bits per heavy atom. The molecule has 4 rings (SSSR count). The molecule has 4 aliphatic rings. The van der Waals surface area contributed by atoms with E-state index in [1.807, 2.05) is 6.08 Å². The van der Waals surface area contributed by atoms with Crippen molar-refractivity contribution in [2.45, 2.75) is 104 Å². The summed E-state index contributed by atoms with van der Waals surface area (Å²) in [5.41, 5.74) is 1.44. The van der Waals surface area contributed by atoms with Crippen molar-refractivity contribution in [2.75, 3.05) is 0 Å². The Kier molecular flexibility index (Phi) is 7.18. The Hall–Kier alpha value is -2.18. The Labute approximate surface area is 208 Å². The maximum absolute atomic E-state index is 12.7. The number of carboxylic acids is 1. The highest BCUT2D eigenvalue weighted by atomic mass is 16.5. The number of ether oxygens (including phenoxy) is 1. The maximum atomic E-state index is 12.7. The number of aliphatic carboxylic acids is 1. The molecule has 0 spiro atoms. The van der Waals surface area contributed by atoms with Crippen LogP contribution in [-0.4, -0.2) is 40.9 Å². The van der Waals surface area contributed by atoms with Crippen molar-refractivity contribution < 1.29 is 29.0 Å². The number of esters is 1. The number of fused-ring (bicyclic) bond motifs is 5. The van der Waals surface area contributed by atoms with Gasteiger partial charge < -0.3 is 15.2 Å². The molecule has 0 saturated heterocycles. The Balaban J connectivity index is 1.35. The van der Waals surface area contributed by atoms with E-state index in [2.05, 4.69) is 19.2 Å². The fourth-order valence-electron chi connectivity index (χ4n) is 7.90. The summed E-state index contributed by atoms with van der Waals surface area (Å²) in [4.78, 5) is 48.2. The molecule has 0 radical (unpaired) electrons. The fourth-order valence-corrected chi connectivity index (χ4v) is 7.90. The first-order valence-electron chi connectivity index (χ1n) is 13.4. The van der Waals surface area contributed by atoms with Gasteiger partial charge in [-0.3, -0.25) is 14.4 Å². The minimum Gasteiger partial charge on any atom is -0.480 e. The van der Waals surface area contributed by atoms with Gasteiger partial charge in [-0.15, -0.1) is 0 Å². The van der Waals surface area contributed by atoms with Gasteiger partial charge in [0.1, 0.15) is 12.1 Å². The van der Waals surface area contributed by atoms with Gasteiger partial charge in [0, 0.05) is 18.3 Å². The summed E-state index contributed by atoms with van der Waals surface area (Å²) in [6.07, 6.45) is 9.44. The summed E-state index contributed by atoms with van der Waals surface area (Å²) >= 11 is 0. The Bertz CT molecular complexity index is 924. The van der Waals surface area contributed by atoms with E-state index in [1.165, 1.54) is 5.57 Å². The zero-order valence-corrected chi connectivity index (χ0v) is 21.6. The largest absolute Gasteiger partial charge is 0.480 e. The molecule has 7 nitrogen and oxygen atoms in total. The van der Waals surface area contributed by atoms with Crippen molar-refractivity contribution in [3.05, 3.63) is 11.6 Å². The van der Waals surface area contributed by atoms with Crippen LogP contribution in [0.1, 0.15) is 91.9 Å². The van der Waals surface area contributed by atoms with E-state index in [1.54, 1.807) is 13.8 Å². The highest BCUT2D eigenvalue weighted by molar-refractivity contribution is 5.91. The minimum atomic E-state index is -1.07. The second kappa shape index (κ2) is 9.70. The summed E-state index contributed by atoms with van der Waals surface area (Å²) in [5.74, 6) is -0.146. The van der Waals surface area contributed by atoms with Crippen LogP contribution in [0.2, 0.25) is 0 Å². The van der Waals surface area contributed by atoms with E-state index in [4.69, 9.17) is 4.74 Å². The quantitative estimate of drug-likeness (QED) is 0.514. The van der Waals surface area contributed by atoms with Crippen LogP contribution in [-0.2, 0) is 23.9 Å². The number of carbonyl (C=O) groups is 4. The van der Waals surface area contributed by atoms with Gasteiger partial charge in [-0.25, -0.2) is 4.79 Å². The van der Waals surface area contributed by atoms with Gasteiger partial charge in [0.2, 0.25) is 5.91 Å². The molecule has 0 unspecified atom stereocenters. The summed E-state index contributed by atoms with van der Waals surface area (Å²) < 4.78 is 5.97. The van der Waals surface area contributed by atoms with Crippen LogP contribution in [0, 0.1) is 34.5 Å². The van der Waals surface area contributed by atoms with Crippen LogP contribution in [0.5, 0.6) is 0 Å². The van der Waals surface area contributed by atoms with Crippen LogP contribution in [0.25, 0.3) is 0 Å². The van der Waals surface area contributed by atoms with Crippen LogP contribution >= 0.6 is 0 Å². The number of nitrogens with one attached hydrogen (secondary N) is 1. The second-order valence-electron chi connectivity index (χ2n) is 12.2. The summed E-state index contributed by atoms with van der Waals surface area (Å²) in [5, 5.41) is 11.8. The first kappa shape index (κ1) is 25.9. The van der Waals surface area contributed by atoms with Crippen LogP contribution < -0.4 is 5.32 Å². The van der Waals surface area contributed by atoms with Crippen LogP contribution in [0.3, 0.4) is 0 Å². The third-order valence-electron chi connectivity index (χ3n) is 9.95. The lowest BCUT2D eigenvalue weighted by Gasteiger charge is -2.57. The predicted molar refractivity (Wildman–Crippen MR) is 130 cm³/mol. The molecule has 4 aliphatic carbocycles. The number of amides is 1. The molecule has 194 valence electrons. The van der Waals surface area contributed by atoms with Crippen molar-refractivity contribution >= 4 is 23.6 Å². The van der Waals surface area contributed by atoms with Crippen molar-refractivity contribution in [2.24, 2.45) is 34.5 Å². The summed E-state index contributed by atoms with van der Waals surface area (Å²) in [6, 6.07) is -0.960. The molecule has 3 fully saturated rings. The number of allylic oxidation sites excluding steroid dienone is 1. The lowest BCUT2D eigenvalue weighted by molar-refractivity contribution is -0.160. The molecular weight excluding hydrogens is 446 g/mol. The normalized spacial score (nSPS) is 36.9. The van der Waals surface area contributed by atoms with Gasteiger partial charge in [-0.2, -0.15) is 0 Å². The molecule has 1 amide bonds. The van der Waals surface area contributed by atoms with Gasteiger partial charge in [0.25, 0.3) is 0 Å². The van der Waals surface area contributed by atoms with E-state index < -0.39 is 17.9 Å². The van der Waals surface area contributed by atoms with E-state index >= 15 is 0 Å². The van der Waals surface area contributed by atoms with E-state index in [0.717, 1.165) is 44.9 Å². The predicted octanol–water partition coefficient (Wildman–Crippen LogP) is 4.44. The standard InChI is InChI=1S/C28H41NO6/c1-16(2)25(26(33)34)29-23(31)9-10-24(32)35-22-8-7-20-19-6-5-17-15-18(30)11-13-27(17,3)21(19)12-14-28(20,22)4/h15-16,19-22,25H,5-14H2,1-4H3,(H,29,31)(H,33,34)/t19-,20-,21-,22-,25-,27-,28-/m0/s1. The van der Waals surface area contributed by atoms with Gasteiger partial charge >= 0.3 is 11.9 Å². The average molecular weight is 488 g/mol. The average Bonchev–Trinajstić information content (AvgIpc) is 3.12. The first-order valence-corrected chi connectivity index (χ1v) is 13.4.